The van der Waals surface area contributed by atoms with E-state index in [0.717, 1.165) is 17.1 Å². The number of hydrogen-bond acceptors (Lipinski definition) is 5. The molecule has 1 fully saturated rings. The number of carbonyl (C=O) groups excluding carboxylic acids is 4. The smallest absolute Gasteiger partial charge is 0.254 e. The third-order valence-electron chi connectivity index (χ3n) is 3.29. The zero-order chi connectivity index (χ0) is 14.0. The van der Waals surface area contributed by atoms with Crippen molar-refractivity contribution in [1.29, 1.82) is 0 Å². The summed E-state index contributed by atoms with van der Waals surface area (Å²) in [5.74, 6) is -1.38. The molecule has 2 rings (SSSR count). The Kier molecular flexibility index (Phi) is 3.75. The Morgan fingerprint density at radius 3 is 2.47 bits per heavy atom. The van der Waals surface area contributed by atoms with Crippen LogP contribution in [0.2, 0.25) is 0 Å². The number of methoxy groups -OCH3 is 1. The Morgan fingerprint density at radius 2 is 1.95 bits per heavy atom. The second-order valence-corrected chi connectivity index (χ2v) is 4.40. The first-order valence-corrected chi connectivity index (χ1v) is 5.88. The first kappa shape index (κ1) is 13.4. The molecule has 0 radical (unpaired) electrons. The van der Waals surface area contributed by atoms with Gasteiger partial charge in [0.1, 0.15) is 12.3 Å². The number of ether oxygens (including phenoxy) is 1. The predicted octanol–water partition coefficient (Wildman–Crippen LogP) is -1.27. The Labute approximate surface area is 109 Å². The maximum absolute atomic E-state index is 12.2. The summed E-state index contributed by atoms with van der Waals surface area (Å²) in [5.41, 5.74) is 0. The number of hydrogen-bond donors (Lipinski definition) is 0. The Bertz CT molecular complexity index is 441. The average Bonchev–Trinajstić information content (AvgIpc) is 2.85. The van der Waals surface area contributed by atoms with Crippen LogP contribution in [0.1, 0.15) is 6.42 Å². The van der Waals surface area contributed by atoms with E-state index in [4.69, 9.17) is 4.74 Å². The van der Waals surface area contributed by atoms with Crippen molar-refractivity contribution in [3.05, 3.63) is 12.2 Å². The third kappa shape index (κ3) is 2.28. The molecule has 0 aromatic carbocycles. The molecule has 0 aromatic heterocycles. The number of likely N-dealkylation sites (tertiary alicyclic amines) is 1. The van der Waals surface area contributed by atoms with Gasteiger partial charge in [0.2, 0.25) is 5.91 Å². The fourth-order valence-electron chi connectivity index (χ4n) is 2.46. The van der Waals surface area contributed by atoms with E-state index in [0.29, 0.717) is 12.7 Å². The van der Waals surface area contributed by atoms with Gasteiger partial charge in [-0.25, -0.2) is 0 Å². The van der Waals surface area contributed by atoms with Gasteiger partial charge in [-0.15, -0.1) is 0 Å². The van der Waals surface area contributed by atoms with E-state index in [1.807, 2.05) is 0 Å². The topological polar surface area (TPSA) is 84.0 Å². The second kappa shape index (κ2) is 5.31. The standard InChI is InChI=1S/C12H14N2O5/c1-19-7-8-6-9(12(18)13(8)4-5-15)14-10(16)2-3-11(14)17/h2-3,5,8-9H,4,6-7H2,1H3. The number of rotatable bonds is 5. The number of aldehydes is 1. The maximum Gasteiger partial charge on any atom is 0.254 e. The lowest BCUT2D eigenvalue weighted by Gasteiger charge is -2.22. The van der Waals surface area contributed by atoms with Gasteiger partial charge in [0.15, 0.2) is 0 Å². The van der Waals surface area contributed by atoms with Crippen LogP contribution in [0, 0.1) is 0 Å². The predicted molar refractivity (Wildman–Crippen MR) is 62.8 cm³/mol. The molecule has 7 heteroatoms. The SMILES string of the molecule is COCC1CC(N2C(=O)C=CC2=O)C(=O)N1CC=O. The highest BCUT2D eigenvalue weighted by Gasteiger charge is 2.46. The fraction of sp³-hybridized carbons (Fsp3) is 0.500. The van der Waals surface area contributed by atoms with E-state index < -0.39 is 17.9 Å². The molecule has 2 heterocycles. The highest BCUT2D eigenvalue weighted by molar-refractivity contribution is 6.15. The van der Waals surface area contributed by atoms with Crippen molar-refractivity contribution in [2.45, 2.75) is 18.5 Å². The summed E-state index contributed by atoms with van der Waals surface area (Å²) in [4.78, 5) is 48.3. The molecular formula is C12H14N2O5. The molecule has 7 nitrogen and oxygen atoms in total. The second-order valence-electron chi connectivity index (χ2n) is 4.40. The highest BCUT2D eigenvalue weighted by Crippen LogP contribution is 2.25. The first-order valence-electron chi connectivity index (χ1n) is 5.88. The van der Waals surface area contributed by atoms with Gasteiger partial charge in [-0.1, -0.05) is 0 Å². The van der Waals surface area contributed by atoms with Gasteiger partial charge >= 0.3 is 0 Å². The quantitative estimate of drug-likeness (QED) is 0.457. The zero-order valence-corrected chi connectivity index (χ0v) is 10.4. The normalized spacial score (nSPS) is 26.7. The molecule has 2 atom stereocenters. The van der Waals surface area contributed by atoms with Crippen molar-refractivity contribution in [1.82, 2.24) is 9.80 Å². The lowest BCUT2D eigenvalue weighted by molar-refractivity contribution is -0.146. The molecule has 102 valence electrons. The zero-order valence-electron chi connectivity index (χ0n) is 10.4. The molecule has 0 spiro atoms. The first-order chi connectivity index (χ1) is 9.10. The van der Waals surface area contributed by atoms with E-state index in [1.165, 1.54) is 12.0 Å². The van der Waals surface area contributed by atoms with E-state index >= 15 is 0 Å². The van der Waals surface area contributed by atoms with Crippen molar-refractivity contribution in [2.75, 3.05) is 20.3 Å². The van der Waals surface area contributed by atoms with Crippen molar-refractivity contribution in [2.24, 2.45) is 0 Å². The van der Waals surface area contributed by atoms with Crippen LogP contribution in [0.3, 0.4) is 0 Å². The molecule has 3 amide bonds. The summed E-state index contributed by atoms with van der Waals surface area (Å²) in [5, 5.41) is 0. The van der Waals surface area contributed by atoms with Gasteiger partial charge in [-0.2, -0.15) is 0 Å². The summed E-state index contributed by atoms with van der Waals surface area (Å²) >= 11 is 0. The number of nitrogens with zero attached hydrogens (tertiary/aromatic N) is 2. The van der Waals surface area contributed by atoms with Crippen LogP contribution in [-0.4, -0.2) is 66.2 Å². The van der Waals surface area contributed by atoms with Crippen molar-refractivity contribution in [3.8, 4) is 0 Å². The van der Waals surface area contributed by atoms with Crippen LogP contribution >= 0.6 is 0 Å². The largest absolute Gasteiger partial charge is 0.383 e. The Morgan fingerprint density at radius 1 is 1.32 bits per heavy atom. The van der Waals surface area contributed by atoms with Crippen LogP contribution in [0.5, 0.6) is 0 Å². The average molecular weight is 266 g/mol. The molecule has 2 unspecified atom stereocenters. The lowest BCUT2D eigenvalue weighted by atomic mass is 10.1. The van der Waals surface area contributed by atoms with Crippen molar-refractivity contribution >= 4 is 24.0 Å². The Balaban J connectivity index is 2.19. The van der Waals surface area contributed by atoms with Crippen LogP contribution < -0.4 is 0 Å². The van der Waals surface area contributed by atoms with E-state index in [9.17, 15) is 19.2 Å². The van der Waals surface area contributed by atoms with E-state index in [1.54, 1.807) is 0 Å². The van der Waals surface area contributed by atoms with Crippen LogP contribution in [0.15, 0.2) is 12.2 Å². The monoisotopic (exact) mass is 266 g/mol. The molecule has 0 N–H and O–H groups in total. The molecule has 0 aromatic rings. The van der Waals surface area contributed by atoms with Gasteiger partial charge in [0.05, 0.1) is 19.2 Å². The molecule has 0 saturated carbocycles. The van der Waals surface area contributed by atoms with Crippen molar-refractivity contribution in [3.63, 3.8) is 0 Å². The summed E-state index contributed by atoms with van der Waals surface area (Å²) < 4.78 is 5.00. The molecule has 0 aliphatic carbocycles. The van der Waals surface area contributed by atoms with E-state index in [2.05, 4.69) is 0 Å². The minimum atomic E-state index is -0.838. The summed E-state index contributed by atoms with van der Waals surface area (Å²) in [7, 11) is 1.49. The van der Waals surface area contributed by atoms with Crippen LogP contribution in [0.25, 0.3) is 0 Å². The van der Waals surface area contributed by atoms with Gasteiger partial charge in [-0.3, -0.25) is 19.3 Å². The number of amides is 3. The lowest BCUT2D eigenvalue weighted by Crippen LogP contribution is -2.45. The number of imide groups is 1. The van der Waals surface area contributed by atoms with Gasteiger partial charge in [0, 0.05) is 25.7 Å². The van der Waals surface area contributed by atoms with Gasteiger partial charge < -0.3 is 14.4 Å². The third-order valence-corrected chi connectivity index (χ3v) is 3.29. The molecule has 1 saturated heterocycles. The Hall–Kier alpha value is -2.02. The summed E-state index contributed by atoms with van der Waals surface area (Å²) in [6.07, 6.45) is 3.20. The van der Waals surface area contributed by atoms with Crippen molar-refractivity contribution < 1.29 is 23.9 Å². The van der Waals surface area contributed by atoms with Gasteiger partial charge in [-0.05, 0) is 0 Å². The molecular weight excluding hydrogens is 252 g/mol. The summed E-state index contributed by atoms with van der Waals surface area (Å²) in [6.45, 7) is 0.201. The van der Waals surface area contributed by atoms with Gasteiger partial charge in [0.25, 0.3) is 11.8 Å². The number of carbonyl (C=O) groups is 4. The minimum absolute atomic E-state index is 0.0625. The molecule has 2 aliphatic rings. The molecule has 0 bridgehead atoms. The maximum atomic E-state index is 12.2. The van der Waals surface area contributed by atoms with E-state index in [-0.39, 0.29) is 25.1 Å². The summed E-state index contributed by atoms with van der Waals surface area (Å²) in [6, 6.07) is -1.14. The molecule has 2 aliphatic heterocycles. The van der Waals surface area contributed by atoms with Crippen LogP contribution in [0.4, 0.5) is 0 Å². The minimum Gasteiger partial charge on any atom is -0.383 e. The fourth-order valence-corrected chi connectivity index (χ4v) is 2.46. The highest BCUT2D eigenvalue weighted by atomic mass is 16.5. The molecule has 19 heavy (non-hydrogen) atoms. The van der Waals surface area contributed by atoms with Crippen LogP contribution in [-0.2, 0) is 23.9 Å².